The molecule has 92 valence electrons. The van der Waals surface area contributed by atoms with Crippen LogP contribution in [0.4, 0.5) is 4.39 Å². The van der Waals surface area contributed by atoms with Crippen molar-refractivity contribution in [1.82, 2.24) is 0 Å². The fraction of sp³-hybridized carbons (Fsp3) is 0.429. The summed E-state index contributed by atoms with van der Waals surface area (Å²) in [6, 6.07) is 4.50. The lowest BCUT2D eigenvalue weighted by Gasteiger charge is -2.02. The lowest BCUT2D eigenvalue weighted by molar-refractivity contribution is 0.218. The SMILES string of the molecule is CCCCC(O)C#Cc1ccc(OC)c(F)c1. The number of aliphatic hydroxyl groups is 1. The van der Waals surface area contributed by atoms with Crippen molar-refractivity contribution in [3.63, 3.8) is 0 Å². The Morgan fingerprint density at radius 3 is 2.82 bits per heavy atom. The van der Waals surface area contributed by atoms with Crippen LogP contribution >= 0.6 is 0 Å². The van der Waals surface area contributed by atoms with Crippen LogP contribution in [0, 0.1) is 17.7 Å². The van der Waals surface area contributed by atoms with Crippen molar-refractivity contribution in [2.75, 3.05) is 7.11 Å². The van der Waals surface area contributed by atoms with Gasteiger partial charge in [0.15, 0.2) is 11.6 Å². The van der Waals surface area contributed by atoms with Crippen LogP contribution in [-0.2, 0) is 0 Å². The van der Waals surface area contributed by atoms with E-state index in [0.29, 0.717) is 12.0 Å². The summed E-state index contributed by atoms with van der Waals surface area (Å²) in [4.78, 5) is 0. The highest BCUT2D eigenvalue weighted by Gasteiger charge is 2.02. The predicted molar refractivity (Wildman–Crippen MR) is 65.4 cm³/mol. The van der Waals surface area contributed by atoms with Gasteiger partial charge in [0.1, 0.15) is 6.10 Å². The van der Waals surface area contributed by atoms with Gasteiger partial charge in [0.05, 0.1) is 7.11 Å². The minimum Gasteiger partial charge on any atom is -0.494 e. The molecule has 1 N–H and O–H groups in total. The Labute approximate surface area is 101 Å². The molecule has 0 aliphatic heterocycles. The Balaban J connectivity index is 2.68. The van der Waals surface area contributed by atoms with Crippen LogP contribution in [0.5, 0.6) is 5.75 Å². The molecule has 1 aromatic rings. The van der Waals surface area contributed by atoms with E-state index in [1.54, 1.807) is 6.07 Å². The predicted octanol–water partition coefficient (Wildman–Crippen LogP) is 2.74. The summed E-state index contributed by atoms with van der Waals surface area (Å²) in [5, 5.41) is 9.52. The number of ether oxygens (including phenoxy) is 1. The lowest BCUT2D eigenvalue weighted by atomic mass is 10.1. The van der Waals surface area contributed by atoms with Crippen molar-refractivity contribution in [2.45, 2.75) is 32.3 Å². The molecule has 1 rings (SSSR count). The number of unbranched alkanes of at least 4 members (excludes halogenated alkanes) is 1. The molecule has 0 radical (unpaired) electrons. The zero-order valence-electron chi connectivity index (χ0n) is 10.2. The van der Waals surface area contributed by atoms with E-state index in [1.807, 2.05) is 0 Å². The van der Waals surface area contributed by atoms with Gasteiger partial charge in [0.25, 0.3) is 0 Å². The molecule has 1 unspecified atom stereocenters. The summed E-state index contributed by atoms with van der Waals surface area (Å²) in [5.41, 5.74) is 0.541. The second-order valence-electron chi connectivity index (χ2n) is 3.78. The molecule has 0 aliphatic rings. The average molecular weight is 236 g/mol. The zero-order valence-corrected chi connectivity index (χ0v) is 10.2. The van der Waals surface area contributed by atoms with Crippen LogP contribution in [0.1, 0.15) is 31.7 Å². The van der Waals surface area contributed by atoms with E-state index in [2.05, 4.69) is 18.8 Å². The molecular formula is C14H17FO2. The molecule has 2 nitrogen and oxygen atoms in total. The highest BCUT2D eigenvalue weighted by Crippen LogP contribution is 2.17. The van der Waals surface area contributed by atoms with Crippen molar-refractivity contribution in [2.24, 2.45) is 0 Å². The normalized spacial score (nSPS) is 11.5. The van der Waals surface area contributed by atoms with Gasteiger partial charge in [-0.2, -0.15) is 0 Å². The van der Waals surface area contributed by atoms with Crippen LogP contribution in [0.25, 0.3) is 0 Å². The first-order chi connectivity index (χ1) is 8.17. The number of hydrogen-bond acceptors (Lipinski definition) is 2. The van der Waals surface area contributed by atoms with E-state index in [-0.39, 0.29) is 5.75 Å². The zero-order chi connectivity index (χ0) is 12.7. The maximum absolute atomic E-state index is 13.3. The van der Waals surface area contributed by atoms with Gasteiger partial charge >= 0.3 is 0 Å². The first-order valence-corrected chi connectivity index (χ1v) is 5.70. The van der Waals surface area contributed by atoms with Crippen LogP contribution in [0.2, 0.25) is 0 Å². The van der Waals surface area contributed by atoms with Crippen LogP contribution in [0.3, 0.4) is 0 Å². The van der Waals surface area contributed by atoms with Crippen molar-refractivity contribution >= 4 is 0 Å². The first kappa shape index (κ1) is 13.5. The lowest BCUT2D eigenvalue weighted by Crippen LogP contribution is -2.01. The maximum Gasteiger partial charge on any atom is 0.166 e. The first-order valence-electron chi connectivity index (χ1n) is 5.70. The van der Waals surface area contributed by atoms with Crippen molar-refractivity contribution < 1.29 is 14.2 Å². The number of benzene rings is 1. The monoisotopic (exact) mass is 236 g/mol. The molecule has 0 amide bonds. The number of rotatable bonds is 4. The van der Waals surface area contributed by atoms with Gasteiger partial charge in [-0.3, -0.25) is 0 Å². The Kier molecular flexibility index (Phi) is 5.51. The molecule has 0 saturated heterocycles. The van der Waals surface area contributed by atoms with Crippen molar-refractivity contribution in [1.29, 1.82) is 0 Å². The smallest absolute Gasteiger partial charge is 0.166 e. The molecular weight excluding hydrogens is 219 g/mol. The fourth-order valence-corrected chi connectivity index (χ4v) is 1.38. The van der Waals surface area contributed by atoms with E-state index in [4.69, 9.17) is 4.74 Å². The van der Waals surface area contributed by atoms with Gasteiger partial charge in [-0.05, 0) is 24.6 Å². The molecule has 17 heavy (non-hydrogen) atoms. The summed E-state index contributed by atoms with van der Waals surface area (Å²) in [6.07, 6.45) is 1.98. The third kappa shape index (κ3) is 4.46. The maximum atomic E-state index is 13.3. The summed E-state index contributed by atoms with van der Waals surface area (Å²) >= 11 is 0. The molecule has 0 aromatic heterocycles. The minimum absolute atomic E-state index is 0.196. The topological polar surface area (TPSA) is 29.5 Å². The molecule has 1 atom stereocenters. The fourth-order valence-electron chi connectivity index (χ4n) is 1.38. The molecule has 0 fully saturated rings. The Morgan fingerprint density at radius 1 is 1.47 bits per heavy atom. The standard InChI is InChI=1S/C14H17FO2/c1-3-4-5-12(16)8-6-11-7-9-14(17-2)13(15)10-11/h7,9-10,12,16H,3-5H2,1-2H3. The van der Waals surface area contributed by atoms with Gasteiger partial charge in [-0.15, -0.1) is 0 Å². The summed E-state index contributed by atoms with van der Waals surface area (Å²) < 4.78 is 18.1. The van der Waals surface area contributed by atoms with Gasteiger partial charge in [0.2, 0.25) is 0 Å². The van der Waals surface area contributed by atoms with E-state index in [0.717, 1.165) is 12.8 Å². The summed E-state index contributed by atoms with van der Waals surface area (Å²) in [6.45, 7) is 2.05. The Bertz CT molecular complexity index is 418. The highest BCUT2D eigenvalue weighted by atomic mass is 19.1. The Hall–Kier alpha value is -1.53. The number of aliphatic hydroxyl groups excluding tert-OH is 1. The third-order valence-corrected chi connectivity index (χ3v) is 2.37. The van der Waals surface area contributed by atoms with E-state index < -0.39 is 11.9 Å². The van der Waals surface area contributed by atoms with Crippen LogP contribution in [-0.4, -0.2) is 18.3 Å². The third-order valence-electron chi connectivity index (χ3n) is 2.37. The summed E-state index contributed by atoms with van der Waals surface area (Å²) in [5.74, 6) is 5.20. The van der Waals surface area contributed by atoms with Gasteiger partial charge < -0.3 is 9.84 Å². The van der Waals surface area contributed by atoms with Crippen LogP contribution < -0.4 is 4.74 Å². The van der Waals surface area contributed by atoms with Crippen molar-refractivity contribution in [3.8, 4) is 17.6 Å². The quantitative estimate of drug-likeness (QED) is 0.814. The molecule has 0 spiro atoms. The molecule has 3 heteroatoms. The highest BCUT2D eigenvalue weighted by molar-refractivity contribution is 5.39. The van der Waals surface area contributed by atoms with Gasteiger partial charge in [-0.25, -0.2) is 4.39 Å². The second-order valence-corrected chi connectivity index (χ2v) is 3.78. The van der Waals surface area contributed by atoms with E-state index in [9.17, 15) is 9.50 Å². The van der Waals surface area contributed by atoms with E-state index >= 15 is 0 Å². The average Bonchev–Trinajstić information content (AvgIpc) is 2.34. The second kappa shape index (κ2) is 6.93. The summed E-state index contributed by atoms with van der Waals surface area (Å²) in [7, 11) is 1.41. The van der Waals surface area contributed by atoms with Gasteiger partial charge in [-0.1, -0.05) is 31.6 Å². The molecule has 0 aliphatic carbocycles. The van der Waals surface area contributed by atoms with E-state index in [1.165, 1.54) is 19.2 Å². The molecule has 0 bridgehead atoms. The molecule has 1 aromatic carbocycles. The molecule has 0 heterocycles. The number of hydrogen-bond donors (Lipinski definition) is 1. The molecule has 0 saturated carbocycles. The largest absolute Gasteiger partial charge is 0.494 e. The van der Waals surface area contributed by atoms with Crippen LogP contribution in [0.15, 0.2) is 18.2 Å². The van der Waals surface area contributed by atoms with Gasteiger partial charge in [0, 0.05) is 5.56 Å². The van der Waals surface area contributed by atoms with Crippen molar-refractivity contribution in [3.05, 3.63) is 29.6 Å². The number of methoxy groups -OCH3 is 1. The minimum atomic E-state index is -0.639. The Morgan fingerprint density at radius 2 is 2.24 bits per heavy atom. The number of halogens is 1.